The number of primary amides is 1. The lowest BCUT2D eigenvalue weighted by molar-refractivity contribution is 0.0989. The van der Waals surface area contributed by atoms with Crippen LogP contribution in [0.2, 0.25) is 0 Å². The quantitative estimate of drug-likeness (QED) is 0.915. The Morgan fingerprint density at radius 1 is 1.38 bits per heavy atom. The SMILES string of the molecule is NC(=O)c1n[c]c2c(n1)CN(Cc1ccc(F)cc1)CC2. The normalized spacial score (nSPS) is 14.7. The second-order valence-electron chi connectivity index (χ2n) is 5.04. The molecule has 1 aromatic heterocycles. The second-order valence-corrected chi connectivity index (χ2v) is 5.04. The molecule has 6 heteroatoms. The third kappa shape index (κ3) is 3.05. The van der Waals surface area contributed by atoms with Crippen LogP contribution in [-0.4, -0.2) is 27.3 Å². The average Bonchev–Trinajstić information content (AvgIpc) is 2.49. The number of carbonyl (C=O) groups excluding carboxylic acids is 1. The van der Waals surface area contributed by atoms with Crippen LogP contribution in [0.25, 0.3) is 0 Å². The highest BCUT2D eigenvalue weighted by atomic mass is 19.1. The molecule has 1 aliphatic rings. The molecule has 3 rings (SSSR count). The minimum atomic E-state index is -0.648. The van der Waals surface area contributed by atoms with Crippen LogP contribution < -0.4 is 5.73 Å². The lowest BCUT2D eigenvalue weighted by atomic mass is 10.1. The highest BCUT2D eigenvalue weighted by Gasteiger charge is 2.20. The van der Waals surface area contributed by atoms with E-state index in [0.29, 0.717) is 13.1 Å². The topological polar surface area (TPSA) is 72.1 Å². The lowest BCUT2D eigenvalue weighted by Gasteiger charge is -2.27. The number of halogens is 1. The molecule has 0 fully saturated rings. The van der Waals surface area contributed by atoms with Gasteiger partial charge in [0.15, 0.2) is 0 Å². The van der Waals surface area contributed by atoms with Crippen molar-refractivity contribution in [3.63, 3.8) is 0 Å². The summed E-state index contributed by atoms with van der Waals surface area (Å²) in [7, 11) is 0. The fourth-order valence-corrected chi connectivity index (χ4v) is 2.39. The number of hydrogen-bond donors (Lipinski definition) is 1. The monoisotopic (exact) mass is 285 g/mol. The molecule has 0 saturated carbocycles. The molecule has 2 aromatic rings. The van der Waals surface area contributed by atoms with Gasteiger partial charge in [-0.25, -0.2) is 14.4 Å². The lowest BCUT2D eigenvalue weighted by Crippen LogP contribution is -2.32. The van der Waals surface area contributed by atoms with E-state index in [1.165, 1.54) is 12.1 Å². The summed E-state index contributed by atoms with van der Waals surface area (Å²) in [5, 5.41) is 0. The van der Waals surface area contributed by atoms with Crippen LogP contribution >= 0.6 is 0 Å². The number of nitrogens with zero attached hydrogens (tertiary/aromatic N) is 3. The van der Waals surface area contributed by atoms with Crippen molar-refractivity contribution in [2.24, 2.45) is 5.73 Å². The van der Waals surface area contributed by atoms with Gasteiger partial charge < -0.3 is 5.73 Å². The molecule has 2 N–H and O–H groups in total. The Hall–Kier alpha value is -2.34. The first-order chi connectivity index (χ1) is 10.1. The summed E-state index contributed by atoms with van der Waals surface area (Å²) >= 11 is 0. The Kier molecular flexibility index (Phi) is 3.62. The van der Waals surface area contributed by atoms with E-state index < -0.39 is 5.91 Å². The van der Waals surface area contributed by atoms with Crippen molar-refractivity contribution in [1.82, 2.24) is 14.9 Å². The zero-order valence-corrected chi connectivity index (χ0v) is 11.3. The van der Waals surface area contributed by atoms with Crippen molar-refractivity contribution in [2.75, 3.05) is 6.54 Å². The summed E-state index contributed by atoms with van der Waals surface area (Å²) < 4.78 is 12.9. The van der Waals surface area contributed by atoms with Crippen LogP contribution in [0.15, 0.2) is 24.3 Å². The van der Waals surface area contributed by atoms with Gasteiger partial charge in [0.1, 0.15) is 5.82 Å². The molecule has 0 spiro atoms. The zero-order chi connectivity index (χ0) is 14.8. The van der Waals surface area contributed by atoms with E-state index in [-0.39, 0.29) is 11.6 Å². The number of rotatable bonds is 3. The van der Waals surface area contributed by atoms with Gasteiger partial charge in [-0.15, -0.1) is 0 Å². The number of benzene rings is 1. The Morgan fingerprint density at radius 3 is 2.86 bits per heavy atom. The fraction of sp³-hybridized carbons (Fsp3) is 0.267. The molecule has 21 heavy (non-hydrogen) atoms. The van der Waals surface area contributed by atoms with Crippen LogP contribution in [0.1, 0.15) is 27.4 Å². The van der Waals surface area contributed by atoms with Crippen LogP contribution in [0.4, 0.5) is 4.39 Å². The third-order valence-electron chi connectivity index (χ3n) is 3.48. The largest absolute Gasteiger partial charge is 0.363 e. The fourth-order valence-electron chi connectivity index (χ4n) is 2.39. The molecule has 5 nitrogen and oxygen atoms in total. The molecule has 0 bridgehead atoms. The van der Waals surface area contributed by atoms with Crippen LogP contribution in [0, 0.1) is 12.0 Å². The van der Waals surface area contributed by atoms with Gasteiger partial charge >= 0.3 is 0 Å². The van der Waals surface area contributed by atoms with E-state index in [1.807, 2.05) is 0 Å². The van der Waals surface area contributed by atoms with Crippen molar-refractivity contribution in [3.8, 4) is 0 Å². The second kappa shape index (κ2) is 5.57. The number of fused-ring (bicyclic) bond motifs is 1. The molecule has 2 heterocycles. The molecular formula is C15H14FN4O. The van der Waals surface area contributed by atoms with E-state index in [4.69, 9.17) is 5.73 Å². The predicted octanol–water partition coefficient (Wildman–Crippen LogP) is 1.07. The van der Waals surface area contributed by atoms with E-state index >= 15 is 0 Å². The summed E-state index contributed by atoms with van der Waals surface area (Å²) in [6.07, 6.45) is 3.61. The highest BCUT2D eigenvalue weighted by Crippen LogP contribution is 2.18. The van der Waals surface area contributed by atoms with Crippen LogP contribution in [-0.2, 0) is 19.5 Å². The van der Waals surface area contributed by atoms with E-state index in [0.717, 1.165) is 29.8 Å². The van der Waals surface area contributed by atoms with Gasteiger partial charge in [0.25, 0.3) is 5.91 Å². The summed E-state index contributed by atoms with van der Waals surface area (Å²) in [4.78, 5) is 21.3. The number of nitrogens with two attached hydrogens (primary N) is 1. The Labute approximate surface area is 121 Å². The maximum absolute atomic E-state index is 12.9. The van der Waals surface area contributed by atoms with Crippen molar-refractivity contribution in [3.05, 3.63) is 58.9 Å². The molecule has 0 saturated heterocycles. The van der Waals surface area contributed by atoms with Crippen molar-refractivity contribution in [2.45, 2.75) is 19.5 Å². The zero-order valence-electron chi connectivity index (χ0n) is 11.3. The Morgan fingerprint density at radius 2 is 2.14 bits per heavy atom. The van der Waals surface area contributed by atoms with Gasteiger partial charge in [0, 0.05) is 25.2 Å². The smallest absolute Gasteiger partial charge is 0.286 e. The van der Waals surface area contributed by atoms with Crippen molar-refractivity contribution >= 4 is 5.91 Å². The van der Waals surface area contributed by atoms with Crippen LogP contribution in [0.5, 0.6) is 0 Å². The van der Waals surface area contributed by atoms with Crippen molar-refractivity contribution in [1.29, 1.82) is 0 Å². The van der Waals surface area contributed by atoms with Crippen molar-refractivity contribution < 1.29 is 9.18 Å². The Bertz CT molecular complexity index is 672. The number of aromatic nitrogens is 2. The minimum absolute atomic E-state index is 0.00242. The highest BCUT2D eigenvalue weighted by molar-refractivity contribution is 5.88. The van der Waals surface area contributed by atoms with Gasteiger partial charge in [-0.2, -0.15) is 0 Å². The Balaban J connectivity index is 1.75. The first-order valence-corrected chi connectivity index (χ1v) is 6.66. The molecule has 0 aliphatic carbocycles. The minimum Gasteiger partial charge on any atom is -0.363 e. The average molecular weight is 285 g/mol. The third-order valence-corrected chi connectivity index (χ3v) is 3.48. The molecule has 1 radical (unpaired) electrons. The maximum Gasteiger partial charge on any atom is 0.286 e. The van der Waals surface area contributed by atoms with Gasteiger partial charge in [0.2, 0.25) is 5.82 Å². The van der Waals surface area contributed by atoms with E-state index in [2.05, 4.69) is 21.1 Å². The van der Waals surface area contributed by atoms with Gasteiger partial charge in [-0.3, -0.25) is 9.69 Å². The predicted molar refractivity (Wildman–Crippen MR) is 73.6 cm³/mol. The molecule has 0 unspecified atom stereocenters. The summed E-state index contributed by atoms with van der Waals surface area (Å²) in [6, 6.07) is 6.44. The van der Waals surface area contributed by atoms with Gasteiger partial charge in [0.05, 0.1) is 11.9 Å². The molecule has 1 aliphatic heterocycles. The first-order valence-electron chi connectivity index (χ1n) is 6.66. The van der Waals surface area contributed by atoms with Gasteiger partial charge in [-0.05, 0) is 24.1 Å². The standard InChI is InChI=1S/C15H14FN4O/c16-12-3-1-10(2-4-12)8-20-6-5-11-7-18-15(14(17)21)19-13(11)9-20/h1-4H,5-6,8-9H2,(H2,17,21). The first kappa shape index (κ1) is 13.6. The van der Waals surface area contributed by atoms with E-state index in [9.17, 15) is 9.18 Å². The molecule has 1 amide bonds. The number of amides is 1. The summed E-state index contributed by atoms with van der Waals surface area (Å²) in [6.45, 7) is 2.15. The van der Waals surface area contributed by atoms with Gasteiger partial charge in [-0.1, -0.05) is 12.1 Å². The van der Waals surface area contributed by atoms with E-state index in [1.54, 1.807) is 12.1 Å². The molecule has 1 aromatic carbocycles. The molecular weight excluding hydrogens is 271 g/mol. The summed E-state index contributed by atoms with van der Waals surface area (Å²) in [5.74, 6) is -0.890. The molecule has 107 valence electrons. The van der Waals surface area contributed by atoms with Crippen LogP contribution in [0.3, 0.4) is 0 Å². The molecule has 0 atom stereocenters. The summed E-state index contributed by atoms with van der Waals surface area (Å²) in [5.41, 5.74) is 7.93. The number of carbonyl (C=O) groups is 1. The number of hydrogen-bond acceptors (Lipinski definition) is 4. The maximum atomic E-state index is 12.9.